The number of aromatic hydroxyl groups is 1. The molecule has 0 unspecified atom stereocenters. The number of halogens is 1. The second-order valence-electron chi connectivity index (χ2n) is 4.85. The van der Waals surface area contributed by atoms with Crippen LogP contribution in [0.2, 0.25) is 0 Å². The van der Waals surface area contributed by atoms with Gasteiger partial charge in [-0.2, -0.15) is 0 Å². The monoisotopic (exact) mass is 379 g/mol. The summed E-state index contributed by atoms with van der Waals surface area (Å²) in [5, 5.41) is 14.6. The fraction of sp³-hybridized carbons (Fsp3) is 0.133. The van der Waals surface area contributed by atoms with Gasteiger partial charge in [0.2, 0.25) is 0 Å². The summed E-state index contributed by atoms with van der Waals surface area (Å²) in [7, 11) is 0. The molecule has 2 heterocycles. The van der Waals surface area contributed by atoms with Crippen LogP contribution in [0, 0.1) is 0 Å². The van der Waals surface area contributed by atoms with Gasteiger partial charge in [0, 0.05) is 5.38 Å². The number of carbonyl (C=O) groups is 1. The van der Waals surface area contributed by atoms with E-state index in [1.807, 2.05) is 5.38 Å². The summed E-state index contributed by atoms with van der Waals surface area (Å²) in [4.78, 5) is 15.4. The Morgan fingerprint density at radius 3 is 2.95 bits per heavy atom. The average Bonchev–Trinajstić information content (AvgIpc) is 3.05. The summed E-state index contributed by atoms with van der Waals surface area (Å²) in [6, 6.07) is 6.88. The van der Waals surface area contributed by atoms with Gasteiger partial charge in [0.1, 0.15) is 11.4 Å². The van der Waals surface area contributed by atoms with Gasteiger partial charge in [0.05, 0.1) is 20.4 Å². The number of nitrogens with two attached hydrogens (primary N) is 1. The Kier molecular flexibility index (Phi) is 4.19. The van der Waals surface area contributed by atoms with Crippen molar-refractivity contribution in [2.45, 2.75) is 6.42 Å². The number of thiophene rings is 1. The van der Waals surface area contributed by atoms with Crippen molar-refractivity contribution in [3.8, 4) is 5.75 Å². The minimum absolute atomic E-state index is 0.0312. The topological polar surface area (TPSA) is 91.1 Å². The minimum atomic E-state index is -0.296. The number of anilines is 1. The van der Waals surface area contributed by atoms with Crippen LogP contribution in [0.1, 0.15) is 16.1 Å². The van der Waals surface area contributed by atoms with E-state index in [9.17, 15) is 9.90 Å². The molecular formula is C15H14BrN3O2S. The number of fused-ring (bicyclic) bond motifs is 1. The van der Waals surface area contributed by atoms with Crippen molar-refractivity contribution in [1.82, 2.24) is 4.98 Å². The first kappa shape index (κ1) is 15.1. The van der Waals surface area contributed by atoms with E-state index in [4.69, 9.17) is 5.73 Å². The molecule has 0 spiro atoms. The van der Waals surface area contributed by atoms with Gasteiger partial charge in [-0.1, -0.05) is 6.07 Å². The highest BCUT2D eigenvalue weighted by molar-refractivity contribution is 9.10. The Hall–Kier alpha value is -1.83. The first-order chi connectivity index (χ1) is 10.6. The van der Waals surface area contributed by atoms with Gasteiger partial charge in [-0.25, -0.2) is 0 Å². The molecule has 0 radical (unpaired) electrons. The molecule has 22 heavy (non-hydrogen) atoms. The van der Waals surface area contributed by atoms with Crippen molar-refractivity contribution < 1.29 is 9.90 Å². The quantitative estimate of drug-likeness (QED) is 0.523. The molecule has 2 aromatic heterocycles. The van der Waals surface area contributed by atoms with Gasteiger partial charge in [0.15, 0.2) is 0 Å². The lowest BCUT2D eigenvalue weighted by atomic mass is 10.1. The molecule has 7 heteroatoms. The van der Waals surface area contributed by atoms with Crippen molar-refractivity contribution >= 4 is 49.1 Å². The molecule has 3 rings (SSSR count). The van der Waals surface area contributed by atoms with Crippen LogP contribution in [0.15, 0.2) is 34.1 Å². The summed E-state index contributed by atoms with van der Waals surface area (Å²) >= 11 is 4.98. The summed E-state index contributed by atoms with van der Waals surface area (Å²) in [5.74, 6) is -0.265. The molecule has 5 N–H and O–H groups in total. The van der Waals surface area contributed by atoms with Gasteiger partial charge >= 0.3 is 0 Å². The second-order valence-corrected chi connectivity index (χ2v) is 6.62. The molecule has 5 nitrogen and oxygen atoms in total. The second kappa shape index (κ2) is 6.12. The lowest BCUT2D eigenvalue weighted by Crippen LogP contribution is -2.13. The van der Waals surface area contributed by atoms with E-state index in [-0.39, 0.29) is 11.7 Å². The maximum Gasteiger partial charge on any atom is 0.272 e. The average molecular weight is 380 g/mol. The van der Waals surface area contributed by atoms with Crippen molar-refractivity contribution in [3.63, 3.8) is 0 Å². The highest BCUT2D eigenvalue weighted by Gasteiger charge is 2.14. The molecule has 0 saturated heterocycles. The maximum absolute atomic E-state index is 12.3. The molecule has 0 aliphatic carbocycles. The molecule has 0 bridgehead atoms. The normalized spacial score (nSPS) is 11.0. The lowest BCUT2D eigenvalue weighted by molar-refractivity contribution is 0.102. The molecular weight excluding hydrogens is 366 g/mol. The number of phenolic OH excluding ortho intramolecular Hbond substituents is 1. The fourth-order valence-corrected chi connectivity index (χ4v) is 3.73. The predicted molar refractivity (Wildman–Crippen MR) is 92.7 cm³/mol. The lowest BCUT2D eigenvalue weighted by Gasteiger charge is -2.08. The zero-order valence-electron chi connectivity index (χ0n) is 11.5. The first-order valence-corrected chi connectivity index (χ1v) is 8.35. The Balaban J connectivity index is 1.85. The van der Waals surface area contributed by atoms with Crippen molar-refractivity contribution in [3.05, 3.63) is 45.4 Å². The van der Waals surface area contributed by atoms with Crippen LogP contribution in [0.5, 0.6) is 5.75 Å². The molecule has 1 amide bonds. The smallest absolute Gasteiger partial charge is 0.272 e. The van der Waals surface area contributed by atoms with E-state index in [2.05, 4.69) is 26.2 Å². The molecule has 0 saturated carbocycles. The third kappa shape index (κ3) is 2.87. The number of hydrogen-bond donors (Lipinski definition) is 4. The number of carbonyl (C=O) groups excluding carboxylic acids is 1. The van der Waals surface area contributed by atoms with Gasteiger partial charge in [-0.3, -0.25) is 4.79 Å². The molecule has 0 aliphatic rings. The number of benzene rings is 1. The number of nitrogens with one attached hydrogen (secondary N) is 2. The Morgan fingerprint density at radius 1 is 1.41 bits per heavy atom. The SMILES string of the molecule is NCCc1ccc(O)c(NC(=O)c2cc3scc(Br)c3[nH]2)c1. The summed E-state index contributed by atoms with van der Waals surface area (Å²) in [6.07, 6.45) is 0.689. The predicted octanol–water partition coefficient (Wildman–Crippen LogP) is 3.45. The van der Waals surface area contributed by atoms with Crippen molar-refractivity contribution in [1.29, 1.82) is 0 Å². The Morgan fingerprint density at radius 2 is 2.23 bits per heavy atom. The van der Waals surface area contributed by atoms with E-state index < -0.39 is 0 Å². The summed E-state index contributed by atoms with van der Waals surface area (Å²) in [5.41, 5.74) is 8.22. The van der Waals surface area contributed by atoms with Crippen LogP contribution in [-0.2, 0) is 6.42 Å². The van der Waals surface area contributed by atoms with E-state index in [0.717, 1.165) is 20.3 Å². The van der Waals surface area contributed by atoms with Crippen molar-refractivity contribution in [2.24, 2.45) is 5.73 Å². The number of phenols is 1. The zero-order valence-corrected chi connectivity index (χ0v) is 13.9. The number of H-pyrrole nitrogens is 1. The van der Waals surface area contributed by atoms with E-state index >= 15 is 0 Å². The molecule has 0 fully saturated rings. The molecule has 0 atom stereocenters. The highest BCUT2D eigenvalue weighted by Crippen LogP contribution is 2.31. The maximum atomic E-state index is 12.3. The summed E-state index contributed by atoms with van der Waals surface area (Å²) < 4.78 is 1.93. The van der Waals surface area contributed by atoms with Crippen LogP contribution in [0.4, 0.5) is 5.69 Å². The minimum Gasteiger partial charge on any atom is -0.506 e. The van der Waals surface area contributed by atoms with Crippen LogP contribution in [0.3, 0.4) is 0 Å². The molecule has 114 valence electrons. The number of aromatic nitrogens is 1. The van der Waals surface area contributed by atoms with Gasteiger partial charge in [0.25, 0.3) is 5.91 Å². The third-order valence-electron chi connectivity index (χ3n) is 3.30. The fourth-order valence-electron chi connectivity index (χ4n) is 2.20. The van der Waals surface area contributed by atoms with Gasteiger partial charge in [-0.15, -0.1) is 11.3 Å². The van der Waals surface area contributed by atoms with E-state index in [1.165, 1.54) is 0 Å². The third-order valence-corrected chi connectivity index (χ3v) is 5.15. The highest BCUT2D eigenvalue weighted by atomic mass is 79.9. The van der Waals surface area contributed by atoms with Crippen LogP contribution in [-0.4, -0.2) is 22.5 Å². The summed E-state index contributed by atoms with van der Waals surface area (Å²) in [6.45, 7) is 0.513. The zero-order chi connectivity index (χ0) is 15.7. The van der Waals surface area contributed by atoms with Crippen LogP contribution >= 0.6 is 27.3 Å². The first-order valence-electron chi connectivity index (χ1n) is 6.67. The number of amides is 1. The number of aromatic amines is 1. The van der Waals surface area contributed by atoms with Gasteiger partial charge < -0.3 is 21.1 Å². The van der Waals surface area contributed by atoms with E-state index in [0.29, 0.717) is 24.3 Å². The largest absolute Gasteiger partial charge is 0.506 e. The number of hydrogen-bond acceptors (Lipinski definition) is 4. The standard InChI is InChI=1S/C15H14BrN3O2S/c16-9-7-22-13-6-11(18-14(9)13)15(21)19-10-5-8(3-4-17)1-2-12(10)20/h1-2,5-7,18,20H,3-4,17H2,(H,19,21). The molecule has 1 aromatic carbocycles. The Labute approximate surface area is 139 Å². The van der Waals surface area contributed by atoms with Crippen LogP contribution < -0.4 is 11.1 Å². The van der Waals surface area contributed by atoms with Crippen LogP contribution in [0.25, 0.3) is 10.2 Å². The molecule has 3 aromatic rings. The molecule has 0 aliphatic heterocycles. The van der Waals surface area contributed by atoms with Gasteiger partial charge in [-0.05, 0) is 52.7 Å². The van der Waals surface area contributed by atoms with Crippen molar-refractivity contribution in [2.75, 3.05) is 11.9 Å². The number of rotatable bonds is 4. The van der Waals surface area contributed by atoms with E-state index in [1.54, 1.807) is 35.6 Å². The Bertz CT molecular complexity index is 841.